The topological polar surface area (TPSA) is 101 Å². The van der Waals surface area contributed by atoms with Gasteiger partial charge in [-0.1, -0.05) is 30.8 Å². The highest BCUT2D eigenvalue weighted by Gasteiger charge is 2.42. The fraction of sp³-hybridized carbons (Fsp3) is 0.643. The number of carbonyl (C=O) groups is 1. The Balaban J connectivity index is 2.10. The third-order valence-electron chi connectivity index (χ3n) is 4.06. The molecule has 1 aliphatic carbocycles. The van der Waals surface area contributed by atoms with Crippen LogP contribution in [0.3, 0.4) is 0 Å². The Bertz CT molecular complexity index is 519. The van der Waals surface area contributed by atoms with Crippen molar-refractivity contribution in [2.24, 2.45) is 16.3 Å². The van der Waals surface area contributed by atoms with E-state index in [1.54, 1.807) is 0 Å². The Morgan fingerprint density at radius 3 is 2.67 bits per heavy atom. The molecule has 7 heteroatoms. The molecule has 0 aromatic carbocycles. The molecular formula is C14H22N4O2S. The first-order chi connectivity index (χ1) is 10.1. The Morgan fingerprint density at radius 1 is 1.48 bits per heavy atom. The molecule has 1 saturated carbocycles. The summed E-state index contributed by atoms with van der Waals surface area (Å²) in [6, 6.07) is 0. The SMILES string of the molecule is Cc1csc(CNC(=O)C2(C(N)=NO)CCCCCC2)n1. The van der Waals surface area contributed by atoms with Crippen molar-refractivity contribution in [3.05, 3.63) is 16.1 Å². The van der Waals surface area contributed by atoms with E-state index < -0.39 is 5.41 Å². The molecule has 1 aliphatic rings. The summed E-state index contributed by atoms with van der Waals surface area (Å²) < 4.78 is 0. The fourth-order valence-corrected chi connectivity index (χ4v) is 3.55. The van der Waals surface area contributed by atoms with Crippen molar-refractivity contribution < 1.29 is 10.0 Å². The number of amidine groups is 1. The van der Waals surface area contributed by atoms with E-state index in [9.17, 15) is 4.79 Å². The van der Waals surface area contributed by atoms with Crippen molar-refractivity contribution in [2.45, 2.75) is 52.0 Å². The van der Waals surface area contributed by atoms with Crippen LogP contribution in [0.1, 0.15) is 49.2 Å². The van der Waals surface area contributed by atoms with Crippen molar-refractivity contribution in [2.75, 3.05) is 0 Å². The molecule has 4 N–H and O–H groups in total. The largest absolute Gasteiger partial charge is 0.409 e. The summed E-state index contributed by atoms with van der Waals surface area (Å²) in [5.41, 5.74) is 5.92. The van der Waals surface area contributed by atoms with E-state index in [0.717, 1.165) is 36.4 Å². The number of nitrogens with one attached hydrogen (secondary N) is 1. The first kappa shape index (κ1) is 15.8. The van der Waals surface area contributed by atoms with Gasteiger partial charge in [0.25, 0.3) is 0 Å². The maximum Gasteiger partial charge on any atom is 0.234 e. The van der Waals surface area contributed by atoms with E-state index >= 15 is 0 Å². The van der Waals surface area contributed by atoms with Crippen molar-refractivity contribution in [1.82, 2.24) is 10.3 Å². The zero-order valence-corrected chi connectivity index (χ0v) is 13.1. The zero-order valence-electron chi connectivity index (χ0n) is 12.3. The minimum Gasteiger partial charge on any atom is -0.409 e. The van der Waals surface area contributed by atoms with E-state index in [4.69, 9.17) is 10.9 Å². The summed E-state index contributed by atoms with van der Waals surface area (Å²) in [7, 11) is 0. The zero-order chi connectivity index (χ0) is 15.3. The van der Waals surface area contributed by atoms with Crippen LogP contribution in [-0.4, -0.2) is 21.9 Å². The number of nitrogens with zero attached hydrogens (tertiary/aromatic N) is 2. The van der Waals surface area contributed by atoms with Crippen LogP contribution in [0.25, 0.3) is 0 Å². The normalized spacial score (nSPS) is 19.0. The second kappa shape index (κ2) is 6.89. The lowest BCUT2D eigenvalue weighted by atomic mass is 9.78. The van der Waals surface area contributed by atoms with Gasteiger partial charge in [-0.2, -0.15) is 0 Å². The summed E-state index contributed by atoms with van der Waals surface area (Å²) in [6.07, 6.45) is 5.26. The molecule has 1 aromatic rings. The minimum atomic E-state index is -0.877. The molecule has 0 spiro atoms. The Hall–Kier alpha value is -1.63. The van der Waals surface area contributed by atoms with Crippen LogP contribution in [0, 0.1) is 12.3 Å². The van der Waals surface area contributed by atoms with Gasteiger partial charge in [0.2, 0.25) is 5.91 Å². The van der Waals surface area contributed by atoms with Crippen molar-refractivity contribution in [3.63, 3.8) is 0 Å². The maximum absolute atomic E-state index is 12.6. The highest BCUT2D eigenvalue weighted by Crippen LogP contribution is 2.35. The number of hydrogen-bond donors (Lipinski definition) is 3. The van der Waals surface area contributed by atoms with Crippen LogP contribution in [0.5, 0.6) is 0 Å². The molecule has 1 aromatic heterocycles. The standard InChI is InChI=1S/C14H22N4O2S/c1-10-9-21-11(17-10)8-16-13(19)14(12(15)18-20)6-4-2-3-5-7-14/h9,20H,2-8H2,1H3,(H2,15,18)(H,16,19). The van der Waals surface area contributed by atoms with Gasteiger partial charge < -0.3 is 16.3 Å². The molecule has 21 heavy (non-hydrogen) atoms. The van der Waals surface area contributed by atoms with E-state index in [-0.39, 0.29) is 11.7 Å². The number of amides is 1. The molecule has 0 bridgehead atoms. The fourth-order valence-electron chi connectivity index (χ4n) is 2.84. The lowest BCUT2D eigenvalue weighted by Gasteiger charge is -2.29. The second-order valence-corrected chi connectivity index (χ2v) is 6.49. The van der Waals surface area contributed by atoms with Gasteiger partial charge >= 0.3 is 0 Å². The highest BCUT2D eigenvalue weighted by molar-refractivity contribution is 7.09. The van der Waals surface area contributed by atoms with Gasteiger partial charge in [-0.05, 0) is 19.8 Å². The number of hydrogen-bond acceptors (Lipinski definition) is 5. The second-order valence-electron chi connectivity index (χ2n) is 5.55. The van der Waals surface area contributed by atoms with Gasteiger partial charge in [0.15, 0.2) is 5.84 Å². The third-order valence-corrected chi connectivity index (χ3v) is 5.02. The van der Waals surface area contributed by atoms with Crippen molar-refractivity contribution >= 4 is 23.1 Å². The summed E-state index contributed by atoms with van der Waals surface area (Å²) in [4.78, 5) is 17.0. The minimum absolute atomic E-state index is 0.0252. The quantitative estimate of drug-likeness (QED) is 0.261. The first-order valence-electron chi connectivity index (χ1n) is 7.26. The van der Waals surface area contributed by atoms with Crippen LogP contribution in [0.4, 0.5) is 0 Å². The number of nitrogens with two attached hydrogens (primary N) is 1. The number of aromatic nitrogens is 1. The molecule has 1 fully saturated rings. The van der Waals surface area contributed by atoms with Gasteiger partial charge in [-0.3, -0.25) is 4.79 Å². The maximum atomic E-state index is 12.6. The predicted octanol–water partition coefficient (Wildman–Crippen LogP) is 2.15. The molecule has 1 heterocycles. The molecule has 0 aliphatic heterocycles. The van der Waals surface area contributed by atoms with Crippen LogP contribution >= 0.6 is 11.3 Å². The lowest BCUT2D eigenvalue weighted by molar-refractivity contribution is -0.128. The van der Waals surface area contributed by atoms with Crippen LogP contribution in [-0.2, 0) is 11.3 Å². The summed E-state index contributed by atoms with van der Waals surface area (Å²) in [6.45, 7) is 2.31. The first-order valence-corrected chi connectivity index (χ1v) is 8.14. The number of rotatable bonds is 4. The highest BCUT2D eigenvalue weighted by atomic mass is 32.1. The molecule has 0 unspecified atom stereocenters. The average molecular weight is 310 g/mol. The molecule has 0 radical (unpaired) electrons. The summed E-state index contributed by atoms with van der Waals surface area (Å²) in [5.74, 6) is -0.134. The van der Waals surface area contributed by atoms with E-state index in [1.165, 1.54) is 11.3 Å². The van der Waals surface area contributed by atoms with Gasteiger partial charge in [0.1, 0.15) is 10.4 Å². The van der Waals surface area contributed by atoms with Gasteiger partial charge in [-0.15, -0.1) is 11.3 Å². The number of thiazole rings is 1. The molecular weight excluding hydrogens is 288 g/mol. The molecule has 116 valence electrons. The molecule has 6 nitrogen and oxygen atoms in total. The number of oxime groups is 1. The lowest BCUT2D eigenvalue weighted by Crippen LogP contribution is -2.49. The van der Waals surface area contributed by atoms with E-state index in [2.05, 4.69) is 15.5 Å². The van der Waals surface area contributed by atoms with Crippen LogP contribution in [0.15, 0.2) is 10.5 Å². The number of aryl methyl sites for hydroxylation is 1. The van der Waals surface area contributed by atoms with Crippen molar-refractivity contribution in [1.29, 1.82) is 0 Å². The Kier molecular flexibility index (Phi) is 5.17. The predicted molar refractivity (Wildman–Crippen MR) is 82.2 cm³/mol. The molecule has 0 atom stereocenters. The molecule has 0 saturated heterocycles. The van der Waals surface area contributed by atoms with Gasteiger partial charge in [0, 0.05) is 11.1 Å². The van der Waals surface area contributed by atoms with Crippen LogP contribution in [0.2, 0.25) is 0 Å². The van der Waals surface area contributed by atoms with E-state index in [1.807, 2.05) is 12.3 Å². The molecule has 2 rings (SSSR count). The summed E-state index contributed by atoms with van der Waals surface area (Å²) in [5, 5.41) is 17.9. The van der Waals surface area contributed by atoms with Crippen molar-refractivity contribution in [3.8, 4) is 0 Å². The Morgan fingerprint density at radius 2 is 2.14 bits per heavy atom. The molecule has 1 amide bonds. The van der Waals surface area contributed by atoms with Crippen LogP contribution < -0.4 is 11.1 Å². The third kappa shape index (κ3) is 3.53. The number of carbonyl (C=O) groups excluding carboxylic acids is 1. The average Bonchev–Trinajstić information content (AvgIpc) is 2.76. The summed E-state index contributed by atoms with van der Waals surface area (Å²) >= 11 is 1.52. The smallest absolute Gasteiger partial charge is 0.234 e. The Labute approximate surface area is 128 Å². The van der Waals surface area contributed by atoms with Gasteiger partial charge in [0.05, 0.1) is 6.54 Å². The van der Waals surface area contributed by atoms with Gasteiger partial charge in [-0.25, -0.2) is 4.98 Å². The monoisotopic (exact) mass is 310 g/mol. The van der Waals surface area contributed by atoms with E-state index in [0.29, 0.717) is 19.4 Å².